The van der Waals surface area contributed by atoms with Crippen LogP contribution in [0.25, 0.3) is 0 Å². The standard InChI is InChI=1S/C13H23Br2N3/c1-3-11-13(15)12(18(2)17-11)10-16-9-7-5-4-6-8-14/h16H,3-10H2,1-2H3. The number of hydrogen-bond donors (Lipinski definition) is 1. The van der Waals surface area contributed by atoms with Gasteiger partial charge in [0.1, 0.15) is 0 Å². The molecule has 0 spiro atoms. The minimum Gasteiger partial charge on any atom is -0.311 e. The first-order valence-electron chi connectivity index (χ1n) is 6.67. The molecule has 3 nitrogen and oxygen atoms in total. The van der Waals surface area contributed by atoms with E-state index in [9.17, 15) is 0 Å². The molecule has 0 radical (unpaired) electrons. The Kier molecular flexibility index (Phi) is 8.18. The maximum atomic E-state index is 4.49. The fourth-order valence-corrected chi connectivity index (χ4v) is 3.07. The number of aryl methyl sites for hydroxylation is 2. The third-order valence-corrected chi connectivity index (χ3v) is 4.51. The van der Waals surface area contributed by atoms with Crippen LogP contribution in [-0.2, 0) is 20.0 Å². The number of rotatable bonds is 9. The highest BCUT2D eigenvalue weighted by Gasteiger charge is 2.11. The van der Waals surface area contributed by atoms with Crippen molar-refractivity contribution in [2.24, 2.45) is 7.05 Å². The van der Waals surface area contributed by atoms with Crippen LogP contribution in [0.1, 0.15) is 44.0 Å². The summed E-state index contributed by atoms with van der Waals surface area (Å²) in [7, 11) is 2.01. The molecule has 1 aromatic rings. The van der Waals surface area contributed by atoms with Crippen molar-refractivity contribution in [3.63, 3.8) is 0 Å². The van der Waals surface area contributed by atoms with Gasteiger partial charge in [-0.05, 0) is 41.7 Å². The molecule has 0 fully saturated rings. The van der Waals surface area contributed by atoms with E-state index >= 15 is 0 Å². The summed E-state index contributed by atoms with van der Waals surface area (Å²) in [6, 6.07) is 0. The molecule has 0 saturated carbocycles. The summed E-state index contributed by atoms with van der Waals surface area (Å²) in [4.78, 5) is 0. The van der Waals surface area contributed by atoms with Crippen molar-refractivity contribution < 1.29 is 0 Å². The zero-order chi connectivity index (χ0) is 13.4. The zero-order valence-electron chi connectivity index (χ0n) is 11.3. The molecule has 5 heteroatoms. The van der Waals surface area contributed by atoms with Crippen LogP contribution in [-0.4, -0.2) is 21.7 Å². The zero-order valence-corrected chi connectivity index (χ0v) is 14.5. The average molecular weight is 381 g/mol. The number of nitrogens with one attached hydrogen (secondary N) is 1. The Morgan fingerprint density at radius 1 is 1.22 bits per heavy atom. The van der Waals surface area contributed by atoms with E-state index in [0.29, 0.717) is 0 Å². The van der Waals surface area contributed by atoms with Crippen LogP contribution in [0, 0.1) is 0 Å². The molecular formula is C13H23Br2N3. The van der Waals surface area contributed by atoms with Gasteiger partial charge in [0, 0.05) is 18.9 Å². The van der Waals surface area contributed by atoms with Gasteiger partial charge in [-0.15, -0.1) is 0 Å². The summed E-state index contributed by atoms with van der Waals surface area (Å²) in [5, 5.41) is 9.11. The van der Waals surface area contributed by atoms with Crippen LogP contribution in [0.5, 0.6) is 0 Å². The molecule has 0 aliphatic heterocycles. The van der Waals surface area contributed by atoms with Gasteiger partial charge >= 0.3 is 0 Å². The van der Waals surface area contributed by atoms with E-state index in [1.54, 1.807) is 0 Å². The van der Waals surface area contributed by atoms with Crippen molar-refractivity contribution in [1.29, 1.82) is 0 Å². The van der Waals surface area contributed by atoms with Crippen molar-refractivity contribution in [3.8, 4) is 0 Å². The Labute approximate surface area is 127 Å². The number of alkyl halides is 1. The largest absolute Gasteiger partial charge is 0.311 e. The maximum Gasteiger partial charge on any atom is 0.0767 e. The number of hydrogen-bond acceptors (Lipinski definition) is 2. The minimum absolute atomic E-state index is 0.891. The van der Waals surface area contributed by atoms with Gasteiger partial charge in [-0.1, -0.05) is 35.7 Å². The molecule has 1 rings (SSSR count). The number of unbranched alkanes of at least 4 members (excludes halogenated alkanes) is 3. The highest BCUT2D eigenvalue weighted by atomic mass is 79.9. The second kappa shape index (κ2) is 9.10. The Hall–Kier alpha value is 0.130. The fourth-order valence-electron chi connectivity index (χ4n) is 1.92. The second-order valence-corrected chi connectivity index (χ2v) is 6.05. The van der Waals surface area contributed by atoms with Crippen LogP contribution in [0.2, 0.25) is 0 Å². The van der Waals surface area contributed by atoms with Crippen LogP contribution in [0.15, 0.2) is 4.47 Å². The lowest BCUT2D eigenvalue weighted by molar-refractivity contribution is 0.577. The first kappa shape index (κ1) is 16.2. The fraction of sp³-hybridized carbons (Fsp3) is 0.769. The van der Waals surface area contributed by atoms with Gasteiger partial charge in [0.05, 0.1) is 15.9 Å². The highest BCUT2D eigenvalue weighted by molar-refractivity contribution is 9.10. The van der Waals surface area contributed by atoms with Crippen LogP contribution in [0.4, 0.5) is 0 Å². The lowest BCUT2D eigenvalue weighted by Gasteiger charge is -2.05. The summed E-state index contributed by atoms with van der Waals surface area (Å²) in [6.07, 6.45) is 6.14. The molecule has 1 N–H and O–H groups in total. The van der Waals surface area contributed by atoms with Crippen molar-refractivity contribution in [1.82, 2.24) is 15.1 Å². The number of aromatic nitrogens is 2. The topological polar surface area (TPSA) is 29.9 Å². The molecule has 1 heterocycles. The summed E-state index contributed by atoms with van der Waals surface area (Å²) in [5.41, 5.74) is 2.39. The van der Waals surface area contributed by atoms with Crippen LogP contribution in [0.3, 0.4) is 0 Å². The number of halogens is 2. The van der Waals surface area contributed by atoms with Gasteiger partial charge in [-0.2, -0.15) is 5.10 Å². The lowest BCUT2D eigenvalue weighted by Crippen LogP contribution is -2.17. The van der Waals surface area contributed by atoms with E-state index in [4.69, 9.17) is 0 Å². The van der Waals surface area contributed by atoms with Crippen molar-refractivity contribution in [2.45, 2.75) is 45.6 Å². The minimum atomic E-state index is 0.891. The van der Waals surface area contributed by atoms with E-state index < -0.39 is 0 Å². The van der Waals surface area contributed by atoms with Crippen molar-refractivity contribution in [3.05, 3.63) is 15.9 Å². The van der Waals surface area contributed by atoms with Gasteiger partial charge in [0.25, 0.3) is 0 Å². The van der Waals surface area contributed by atoms with Crippen LogP contribution >= 0.6 is 31.9 Å². The molecule has 0 bridgehead atoms. The molecule has 0 saturated heterocycles. The Bertz CT molecular complexity index is 350. The normalized spacial score (nSPS) is 11.1. The smallest absolute Gasteiger partial charge is 0.0767 e. The predicted molar refractivity (Wildman–Crippen MR) is 84.3 cm³/mol. The van der Waals surface area contributed by atoms with E-state index in [2.05, 4.69) is 49.2 Å². The first-order valence-corrected chi connectivity index (χ1v) is 8.59. The SMILES string of the molecule is CCc1nn(C)c(CNCCCCCCBr)c1Br. The van der Waals surface area contributed by atoms with Crippen molar-refractivity contribution in [2.75, 3.05) is 11.9 Å². The highest BCUT2D eigenvalue weighted by Crippen LogP contribution is 2.21. The maximum absolute atomic E-state index is 4.49. The van der Waals surface area contributed by atoms with Gasteiger partial charge in [0.2, 0.25) is 0 Å². The molecule has 1 aromatic heterocycles. The predicted octanol–water partition coefficient (Wildman–Crippen LogP) is 3.79. The van der Waals surface area contributed by atoms with Gasteiger partial charge in [-0.25, -0.2) is 0 Å². The number of nitrogens with zero attached hydrogens (tertiary/aromatic N) is 2. The first-order chi connectivity index (χ1) is 8.70. The molecule has 0 amide bonds. The van der Waals surface area contributed by atoms with Crippen LogP contribution < -0.4 is 5.32 Å². The average Bonchev–Trinajstić information content (AvgIpc) is 2.64. The summed E-state index contributed by atoms with van der Waals surface area (Å²) < 4.78 is 3.14. The van der Waals surface area contributed by atoms with E-state index in [0.717, 1.165) is 30.5 Å². The quantitative estimate of drug-likeness (QED) is 0.521. The summed E-state index contributed by atoms with van der Waals surface area (Å²) in [5.74, 6) is 0. The molecule has 0 unspecified atom stereocenters. The Balaban J connectivity index is 2.25. The summed E-state index contributed by atoms with van der Waals surface area (Å²) >= 11 is 7.09. The third kappa shape index (κ3) is 5.02. The van der Waals surface area contributed by atoms with Gasteiger partial charge < -0.3 is 5.32 Å². The van der Waals surface area contributed by atoms with Crippen molar-refractivity contribution >= 4 is 31.9 Å². The molecule has 0 aliphatic rings. The Morgan fingerprint density at radius 3 is 2.56 bits per heavy atom. The monoisotopic (exact) mass is 379 g/mol. The summed E-state index contributed by atoms with van der Waals surface area (Å²) in [6.45, 7) is 4.11. The molecule has 0 aliphatic carbocycles. The molecule has 104 valence electrons. The third-order valence-electron chi connectivity index (χ3n) is 3.03. The second-order valence-electron chi connectivity index (χ2n) is 4.46. The van der Waals surface area contributed by atoms with E-state index in [1.807, 2.05) is 11.7 Å². The molecular weight excluding hydrogens is 358 g/mol. The lowest BCUT2D eigenvalue weighted by atomic mass is 10.2. The van der Waals surface area contributed by atoms with E-state index in [1.165, 1.54) is 35.8 Å². The van der Waals surface area contributed by atoms with Gasteiger partial charge in [-0.3, -0.25) is 4.68 Å². The van der Waals surface area contributed by atoms with Gasteiger partial charge in [0.15, 0.2) is 0 Å². The Morgan fingerprint density at radius 2 is 1.94 bits per heavy atom. The molecule has 0 atom stereocenters. The molecule has 0 aromatic carbocycles. The van der Waals surface area contributed by atoms with E-state index in [-0.39, 0.29) is 0 Å². The molecule has 18 heavy (non-hydrogen) atoms.